The maximum atomic E-state index is 13.5. The van der Waals surface area contributed by atoms with E-state index >= 15 is 0 Å². The molecular weight excluding hydrogens is 257 g/mol. The summed E-state index contributed by atoms with van der Waals surface area (Å²) in [5, 5.41) is 9.08. The van der Waals surface area contributed by atoms with Gasteiger partial charge in [-0.15, -0.1) is 0 Å². The molecule has 2 rings (SSSR count). The molecule has 0 bridgehead atoms. The van der Waals surface area contributed by atoms with Gasteiger partial charge in [0.15, 0.2) is 0 Å². The van der Waals surface area contributed by atoms with Crippen molar-refractivity contribution < 1.29 is 14.3 Å². The number of hydrogen-bond acceptors (Lipinski definition) is 2. The van der Waals surface area contributed by atoms with Crippen molar-refractivity contribution in [3.05, 3.63) is 34.6 Å². The van der Waals surface area contributed by atoms with Gasteiger partial charge >= 0.3 is 5.97 Å². The molecule has 18 heavy (non-hydrogen) atoms. The number of benzene rings is 1. The monoisotopic (exact) mass is 271 g/mol. The molecule has 0 spiro atoms. The van der Waals surface area contributed by atoms with Crippen LogP contribution in [0.3, 0.4) is 0 Å². The van der Waals surface area contributed by atoms with Crippen LogP contribution in [0.1, 0.15) is 31.2 Å². The molecule has 5 heteroatoms. The maximum absolute atomic E-state index is 13.5. The number of carboxylic acids is 1. The summed E-state index contributed by atoms with van der Waals surface area (Å²) in [4.78, 5) is 11.1. The molecule has 98 valence electrons. The Bertz CT molecular complexity index is 488. The third-order valence-electron chi connectivity index (χ3n) is 3.75. The Morgan fingerprint density at radius 1 is 1.56 bits per heavy atom. The molecule has 3 nitrogen and oxygen atoms in total. The summed E-state index contributed by atoms with van der Waals surface area (Å²) >= 11 is 5.95. The van der Waals surface area contributed by atoms with E-state index in [2.05, 4.69) is 0 Å². The van der Waals surface area contributed by atoms with Gasteiger partial charge in [0.05, 0.1) is 5.02 Å². The average molecular weight is 272 g/mol. The van der Waals surface area contributed by atoms with E-state index in [0.717, 1.165) is 12.8 Å². The number of carbonyl (C=O) groups is 1. The van der Waals surface area contributed by atoms with Gasteiger partial charge in [-0.25, -0.2) is 4.39 Å². The predicted molar refractivity (Wildman–Crippen MR) is 67.1 cm³/mol. The summed E-state index contributed by atoms with van der Waals surface area (Å²) in [6, 6.07) is 3.37. The van der Waals surface area contributed by atoms with E-state index in [4.69, 9.17) is 22.4 Å². The van der Waals surface area contributed by atoms with Crippen LogP contribution >= 0.6 is 11.6 Å². The SMILES string of the molecule is CC1([C@H](c2cccc(F)c2Cl)[C@@H](N)C(=O)O)CC1. The minimum Gasteiger partial charge on any atom is -0.480 e. The zero-order valence-electron chi connectivity index (χ0n) is 9.99. The highest BCUT2D eigenvalue weighted by atomic mass is 35.5. The van der Waals surface area contributed by atoms with Crippen LogP contribution in [0.25, 0.3) is 0 Å². The zero-order chi connectivity index (χ0) is 13.5. The summed E-state index contributed by atoms with van der Waals surface area (Å²) < 4.78 is 13.5. The fourth-order valence-electron chi connectivity index (χ4n) is 2.41. The highest BCUT2D eigenvalue weighted by molar-refractivity contribution is 6.31. The Labute approximate surface area is 110 Å². The van der Waals surface area contributed by atoms with Crippen molar-refractivity contribution in [2.75, 3.05) is 0 Å². The summed E-state index contributed by atoms with van der Waals surface area (Å²) in [5.41, 5.74) is 6.05. The Balaban J connectivity index is 2.47. The van der Waals surface area contributed by atoms with Crippen molar-refractivity contribution in [3.8, 4) is 0 Å². The van der Waals surface area contributed by atoms with E-state index in [9.17, 15) is 9.18 Å². The van der Waals surface area contributed by atoms with E-state index in [1.807, 2.05) is 6.92 Å². The van der Waals surface area contributed by atoms with Gasteiger partial charge in [0.2, 0.25) is 0 Å². The predicted octanol–water partition coefficient (Wildman–Crippen LogP) is 2.77. The number of hydrogen-bond donors (Lipinski definition) is 2. The molecule has 1 aromatic rings. The normalized spacial score (nSPS) is 20.2. The smallest absolute Gasteiger partial charge is 0.321 e. The van der Waals surface area contributed by atoms with Crippen molar-refractivity contribution in [1.82, 2.24) is 0 Å². The lowest BCUT2D eigenvalue weighted by molar-refractivity contribution is -0.139. The lowest BCUT2D eigenvalue weighted by atomic mass is 9.79. The lowest BCUT2D eigenvalue weighted by Gasteiger charge is -2.28. The summed E-state index contributed by atoms with van der Waals surface area (Å²) in [7, 11) is 0. The minimum absolute atomic E-state index is 0.0210. The summed E-state index contributed by atoms with van der Waals surface area (Å²) in [6.07, 6.45) is 1.76. The Hall–Kier alpha value is -1.13. The first-order valence-electron chi connectivity index (χ1n) is 5.79. The first-order valence-corrected chi connectivity index (χ1v) is 6.17. The maximum Gasteiger partial charge on any atom is 0.321 e. The molecule has 1 saturated carbocycles. The number of rotatable bonds is 4. The minimum atomic E-state index is -1.09. The Morgan fingerprint density at radius 3 is 2.67 bits per heavy atom. The van der Waals surface area contributed by atoms with E-state index in [1.54, 1.807) is 6.07 Å². The second kappa shape index (κ2) is 4.52. The molecule has 1 aliphatic rings. The Morgan fingerprint density at radius 2 is 2.17 bits per heavy atom. The molecule has 0 aliphatic heterocycles. The molecular formula is C13H15ClFNO2. The van der Waals surface area contributed by atoms with Crippen LogP contribution in [0.5, 0.6) is 0 Å². The van der Waals surface area contributed by atoms with Crippen LogP contribution in [-0.4, -0.2) is 17.1 Å². The van der Waals surface area contributed by atoms with Crippen LogP contribution in [0.2, 0.25) is 5.02 Å². The molecule has 2 atom stereocenters. The average Bonchev–Trinajstić information content (AvgIpc) is 3.03. The van der Waals surface area contributed by atoms with Gasteiger partial charge in [0, 0.05) is 5.92 Å². The molecule has 0 aromatic heterocycles. The first kappa shape index (κ1) is 13.3. The van der Waals surface area contributed by atoms with E-state index in [-0.39, 0.29) is 10.4 Å². The van der Waals surface area contributed by atoms with Gasteiger partial charge in [-0.05, 0) is 29.9 Å². The van der Waals surface area contributed by atoms with Crippen molar-refractivity contribution in [1.29, 1.82) is 0 Å². The van der Waals surface area contributed by atoms with Crippen LogP contribution in [0.4, 0.5) is 4.39 Å². The zero-order valence-corrected chi connectivity index (χ0v) is 10.7. The number of aliphatic carboxylic acids is 1. The van der Waals surface area contributed by atoms with Gasteiger partial charge in [0.1, 0.15) is 11.9 Å². The van der Waals surface area contributed by atoms with Gasteiger partial charge in [-0.1, -0.05) is 30.7 Å². The molecule has 0 amide bonds. The molecule has 0 heterocycles. The van der Waals surface area contributed by atoms with E-state index in [0.29, 0.717) is 5.56 Å². The van der Waals surface area contributed by atoms with Gasteiger partial charge in [0.25, 0.3) is 0 Å². The summed E-state index contributed by atoms with van der Waals surface area (Å²) in [5.74, 6) is -2.09. The van der Waals surface area contributed by atoms with Crippen LogP contribution in [0, 0.1) is 11.2 Å². The van der Waals surface area contributed by atoms with E-state index in [1.165, 1.54) is 12.1 Å². The standard InChI is InChI=1S/C13H15ClFNO2/c1-13(5-6-13)9(11(16)12(17)18)7-3-2-4-8(15)10(7)14/h2-4,9,11H,5-6,16H2,1H3,(H,17,18)/t9-,11-/m1/s1. The lowest BCUT2D eigenvalue weighted by Crippen LogP contribution is -2.40. The molecule has 1 aromatic carbocycles. The molecule has 0 radical (unpaired) electrons. The number of carboxylic acid groups (broad SMARTS) is 1. The molecule has 1 fully saturated rings. The first-order chi connectivity index (χ1) is 8.37. The van der Waals surface area contributed by atoms with E-state index < -0.39 is 23.7 Å². The Kier molecular flexibility index (Phi) is 3.34. The van der Waals surface area contributed by atoms with Gasteiger partial charge in [-0.2, -0.15) is 0 Å². The third kappa shape index (κ3) is 2.22. The van der Waals surface area contributed by atoms with Crippen LogP contribution in [-0.2, 0) is 4.79 Å². The molecule has 1 aliphatic carbocycles. The van der Waals surface area contributed by atoms with Gasteiger partial charge in [-0.3, -0.25) is 4.79 Å². The largest absolute Gasteiger partial charge is 0.480 e. The highest BCUT2D eigenvalue weighted by Crippen LogP contribution is 2.57. The van der Waals surface area contributed by atoms with Gasteiger partial charge < -0.3 is 10.8 Å². The van der Waals surface area contributed by atoms with Crippen molar-refractivity contribution >= 4 is 17.6 Å². The second-order valence-corrected chi connectivity index (χ2v) is 5.52. The fourth-order valence-corrected chi connectivity index (χ4v) is 2.66. The molecule has 0 saturated heterocycles. The molecule has 0 unspecified atom stereocenters. The van der Waals surface area contributed by atoms with Crippen molar-refractivity contribution in [3.63, 3.8) is 0 Å². The van der Waals surface area contributed by atoms with Crippen LogP contribution in [0.15, 0.2) is 18.2 Å². The number of nitrogens with two attached hydrogens (primary N) is 1. The van der Waals surface area contributed by atoms with Crippen molar-refractivity contribution in [2.45, 2.75) is 31.7 Å². The number of halogens is 2. The fraction of sp³-hybridized carbons (Fsp3) is 0.462. The quantitative estimate of drug-likeness (QED) is 0.885. The van der Waals surface area contributed by atoms with Crippen molar-refractivity contribution in [2.24, 2.45) is 11.1 Å². The summed E-state index contributed by atoms with van der Waals surface area (Å²) in [6.45, 7) is 1.96. The highest BCUT2D eigenvalue weighted by Gasteiger charge is 2.50. The topological polar surface area (TPSA) is 63.3 Å². The van der Waals surface area contributed by atoms with Crippen LogP contribution < -0.4 is 5.73 Å². The third-order valence-corrected chi connectivity index (χ3v) is 4.15. The second-order valence-electron chi connectivity index (χ2n) is 5.14. The molecule has 3 N–H and O–H groups in total.